The lowest BCUT2D eigenvalue weighted by Crippen LogP contribution is -1.95. The molecule has 8 heteroatoms. The normalized spacial score (nSPS) is 10.1. The van der Waals surface area contributed by atoms with Crippen molar-refractivity contribution in [1.29, 1.82) is 0 Å². The van der Waals surface area contributed by atoms with E-state index in [1.165, 1.54) is 36.4 Å². The molecule has 2 aromatic rings. The van der Waals surface area contributed by atoms with Crippen LogP contribution >= 0.6 is 22.6 Å². The van der Waals surface area contributed by atoms with Crippen LogP contribution in [0.3, 0.4) is 0 Å². The molecule has 0 amide bonds. The molecule has 0 radical (unpaired) electrons. The summed E-state index contributed by atoms with van der Waals surface area (Å²) in [6, 6.07) is 9.94. The lowest BCUT2D eigenvalue weighted by atomic mass is 10.3. The molecule has 2 rings (SSSR count). The highest BCUT2D eigenvalue weighted by molar-refractivity contribution is 14.1. The Morgan fingerprint density at radius 3 is 2.30 bits per heavy atom. The molecule has 0 aliphatic carbocycles. The van der Waals surface area contributed by atoms with Crippen LogP contribution in [-0.4, -0.2) is 9.85 Å². The third-order valence-corrected chi connectivity index (χ3v) is 3.30. The monoisotopic (exact) mass is 386 g/mol. The lowest BCUT2D eigenvalue weighted by Gasteiger charge is -2.07. The first-order valence-corrected chi connectivity index (χ1v) is 6.42. The number of ether oxygens (including phenoxy) is 1. The van der Waals surface area contributed by atoms with Crippen molar-refractivity contribution in [2.45, 2.75) is 0 Å². The van der Waals surface area contributed by atoms with E-state index in [0.29, 0.717) is 3.57 Å². The molecule has 7 nitrogen and oxygen atoms in total. The van der Waals surface area contributed by atoms with Gasteiger partial charge in [-0.25, -0.2) is 0 Å². The van der Waals surface area contributed by atoms with E-state index in [2.05, 4.69) is 0 Å². The van der Waals surface area contributed by atoms with Crippen molar-refractivity contribution in [3.63, 3.8) is 0 Å². The second-order valence-electron chi connectivity index (χ2n) is 3.70. The van der Waals surface area contributed by atoms with E-state index in [-0.39, 0.29) is 22.9 Å². The molecule has 0 fully saturated rings. The Morgan fingerprint density at radius 2 is 1.65 bits per heavy atom. The molecule has 0 atom stereocenters. The fourth-order valence-corrected chi connectivity index (χ4v) is 1.94. The minimum Gasteiger partial charge on any atom is -0.449 e. The zero-order valence-electron chi connectivity index (χ0n) is 9.86. The van der Waals surface area contributed by atoms with Crippen LogP contribution in [-0.2, 0) is 0 Å². The first kappa shape index (κ1) is 14.2. The number of benzene rings is 2. The van der Waals surface area contributed by atoms with Crippen LogP contribution in [0, 0.1) is 23.8 Å². The average Bonchev–Trinajstić information content (AvgIpc) is 2.41. The third kappa shape index (κ3) is 3.02. The van der Waals surface area contributed by atoms with Gasteiger partial charge in [-0.1, -0.05) is 12.1 Å². The number of nitro benzene ring substituents is 2. The highest BCUT2D eigenvalue weighted by Gasteiger charge is 2.17. The van der Waals surface area contributed by atoms with Gasteiger partial charge < -0.3 is 4.74 Å². The van der Waals surface area contributed by atoms with Crippen LogP contribution in [0.2, 0.25) is 0 Å². The standard InChI is InChI=1S/C12H7IN2O5/c13-9-6-5-8(14(16)17)7-12(9)20-11-4-2-1-3-10(11)15(18)19/h1-7H. The largest absolute Gasteiger partial charge is 0.449 e. The van der Waals surface area contributed by atoms with Crippen molar-refractivity contribution in [1.82, 2.24) is 0 Å². The zero-order valence-corrected chi connectivity index (χ0v) is 12.0. The molecule has 0 heterocycles. The van der Waals surface area contributed by atoms with Crippen molar-refractivity contribution < 1.29 is 14.6 Å². The summed E-state index contributed by atoms with van der Waals surface area (Å²) >= 11 is 1.94. The Hall–Kier alpha value is -2.23. The summed E-state index contributed by atoms with van der Waals surface area (Å²) in [6.45, 7) is 0. The highest BCUT2D eigenvalue weighted by Crippen LogP contribution is 2.34. The van der Waals surface area contributed by atoms with E-state index in [1.54, 1.807) is 6.07 Å². The van der Waals surface area contributed by atoms with Crippen LogP contribution in [0.1, 0.15) is 0 Å². The number of non-ortho nitro benzene ring substituents is 1. The fraction of sp³-hybridized carbons (Fsp3) is 0. The summed E-state index contributed by atoms with van der Waals surface area (Å²) in [5.41, 5.74) is -0.339. The zero-order chi connectivity index (χ0) is 14.7. The van der Waals surface area contributed by atoms with Gasteiger partial charge in [0.05, 0.1) is 19.5 Å². The summed E-state index contributed by atoms with van der Waals surface area (Å²) < 4.78 is 6.06. The Kier molecular flexibility index (Phi) is 4.13. The summed E-state index contributed by atoms with van der Waals surface area (Å²) in [7, 11) is 0. The van der Waals surface area contributed by atoms with Crippen molar-refractivity contribution in [3.05, 3.63) is 66.3 Å². The van der Waals surface area contributed by atoms with Crippen molar-refractivity contribution in [3.8, 4) is 11.5 Å². The van der Waals surface area contributed by atoms with Gasteiger partial charge in [-0.3, -0.25) is 20.2 Å². The second-order valence-corrected chi connectivity index (χ2v) is 4.86. The van der Waals surface area contributed by atoms with Gasteiger partial charge in [-0.15, -0.1) is 0 Å². The first-order chi connectivity index (χ1) is 9.49. The van der Waals surface area contributed by atoms with E-state index in [1.807, 2.05) is 22.6 Å². The summed E-state index contributed by atoms with van der Waals surface area (Å²) in [6.07, 6.45) is 0. The van der Waals surface area contributed by atoms with Crippen LogP contribution in [0.4, 0.5) is 11.4 Å². The van der Waals surface area contributed by atoms with Crippen LogP contribution in [0.15, 0.2) is 42.5 Å². The van der Waals surface area contributed by atoms with E-state index >= 15 is 0 Å². The number of hydrogen-bond donors (Lipinski definition) is 0. The Balaban J connectivity index is 2.42. The number of nitrogens with zero attached hydrogens (tertiary/aromatic N) is 2. The maximum atomic E-state index is 10.9. The molecule has 0 spiro atoms. The SMILES string of the molecule is O=[N+]([O-])c1ccc(I)c(Oc2ccccc2[N+](=O)[O-])c1. The molecule has 0 aliphatic rings. The van der Waals surface area contributed by atoms with Crippen LogP contribution in [0.5, 0.6) is 11.5 Å². The molecule has 0 aromatic heterocycles. The summed E-state index contributed by atoms with van der Waals surface area (Å²) in [5.74, 6) is 0.241. The van der Waals surface area contributed by atoms with Gasteiger partial charge in [-0.05, 0) is 34.7 Å². The Bertz CT molecular complexity index is 689. The van der Waals surface area contributed by atoms with Gasteiger partial charge in [-0.2, -0.15) is 0 Å². The number of nitro groups is 2. The molecule has 0 unspecified atom stereocenters. The van der Waals surface area contributed by atoms with Crippen molar-refractivity contribution >= 4 is 34.0 Å². The van der Waals surface area contributed by atoms with Crippen LogP contribution in [0.25, 0.3) is 0 Å². The number of hydrogen-bond acceptors (Lipinski definition) is 5. The molecule has 102 valence electrons. The predicted molar refractivity (Wildman–Crippen MR) is 79.0 cm³/mol. The van der Waals surface area contributed by atoms with Gasteiger partial charge in [0.15, 0.2) is 0 Å². The smallest absolute Gasteiger partial charge is 0.311 e. The van der Waals surface area contributed by atoms with E-state index in [9.17, 15) is 20.2 Å². The van der Waals surface area contributed by atoms with Gasteiger partial charge >= 0.3 is 5.69 Å². The van der Waals surface area contributed by atoms with Gasteiger partial charge in [0.25, 0.3) is 5.69 Å². The highest BCUT2D eigenvalue weighted by atomic mass is 127. The number of rotatable bonds is 4. The van der Waals surface area contributed by atoms with Gasteiger partial charge in [0.1, 0.15) is 5.75 Å². The Labute approximate surface area is 126 Å². The molecule has 20 heavy (non-hydrogen) atoms. The Morgan fingerprint density at radius 1 is 0.950 bits per heavy atom. The predicted octanol–water partition coefficient (Wildman–Crippen LogP) is 3.90. The maximum absolute atomic E-state index is 10.9. The third-order valence-electron chi connectivity index (χ3n) is 2.41. The molecule has 0 N–H and O–H groups in total. The fourth-order valence-electron chi connectivity index (χ4n) is 1.50. The van der Waals surface area contributed by atoms with Gasteiger partial charge in [0.2, 0.25) is 5.75 Å². The van der Waals surface area contributed by atoms with Crippen molar-refractivity contribution in [2.75, 3.05) is 0 Å². The minimum absolute atomic E-state index is 0.0379. The molecule has 0 aliphatic heterocycles. The number of para-hydroxylation sites is 2. The molecule has 0 saturated heterocycles. The maximum Gasteiger partial charge on any atom is 0.311 e. The van der Waals surface area contributed by atoms with E-state index < -0.39 is 9.85 Å². The summed E-state index contributed by atoms with van der Waals surface area (Å²) in [5, 5.41) is 21.6. The van der Waals surface area contributed by atoms with E-state index in [0.717, 1.165) is 0 Å². The molecular formula is C12H7IN2O5. The average molecular weight is 386 g/mol. The lowest BCUT2D eigenvalue weighted by molar-refractivity contribution is -0.386. The van der Waals surface area contributed by atoms with Gasteiger partial charge in [0, 0.05) is 12.1 Å². The second kappa shape index (κ2) is 5.82. The quantitative estimate of drug-likeness (QED) is 0.451. The van der Waals surface area contributed by atoms with E-state index in [4.69, 9.17) is 4.74 Å². The molecular weight excluding hydrogens is 379 g/mol. The molecule has 2 aromatic carbocycles. The van der Waals surface area contributed by atoms with Crippen molar-refractivity contribution in [2.24, 2.45) is 0 Å². The first-order valence-electron chi connectivity index (χ1n) is 5.34. The molecule has 0 bridgehead atoms. The topological polar surface area (TPSA) is 95.5 Å². The molecule has 0 saturated carbocycles. The van der Waals surface area contributed by atoms with Crippen LogP contribution < -0.4 is 4.74 Å². The minimum atomic E-state index is -0.570. The summed E-state index contributed by atoms with van der Waals surface area (Å²) in [4.78, 5) is 20.5. The number of halogens is 1.